The lowest BCUT2D eigenvalue weighted by atomic mass is 10.0. The van der Waals surface area contributed by atoms with E-state index in [0.29, 0.717) is 0 Å². The van der Waals surface area contributed by atoms with E-state index in [-0.39, 0.29) is 11.8 Å². The quantitative estimate of drug-likeness (QED) is 0.897. The molecule has 0 radical (unpaired) electrons. The van der Waals surface area contributed by atoms with Crippen LogP contribution in [0.15, 0.2) is 30.3 Å². The second kappa shape index (κ2) is 5.59. The van der Waals surface area contributed by atoms with Crippen molar-refractivity contribution >= 4 is 0 Å². The molecule has 2 fully saturated rings. The number of ether oxygens (including phenoxy) is 2. The molecule has 2 saturated heterocycles. The molecule has 2 aliphatic heterocycles. The first-order chi connectivity index (χ1) is 9.27. The predicted molar refractivity (Wildman–Crippen MR) is 73.7 cm³/mol. The van der Waals surface area contributed by atoms with Gasteiger partial charge in [-0.25, -0.2) is 0 Å². The van der Waals surface area contributed by atoms with Gasteiger partial charge in [-0.2, -0.15) is 0 Å². The summed E-state index contributed by atoms with van der Waals surface area (Å²) in [6, 6.07) is 10.4. The standard InChI is InChI=1S/C15H22N2O2/c16-14(13-4-2-1-3-5-13)12-17-8-6-15(7-9-17)18-10-11-19-15/h1-5,14H,6-12,16H2. The summed E-state index contributed by atoms with van der Waals surface area (Å²) in [6.45, 7) is 4.38. The summed E-state index contributed by atoms with van der Waals surface area (Å²) in [5.41, 5.74) is 7.47. The minimum absolute atomic E-state index is 0.0839. The summed E-state index contributed by atoms with van der Waals surface area (Å²) < 4.78 is 11.5. The molecule has 0 bridgehead atoms. The lowest BCUT2D eigenvalue weighted by Crippen LogP contribution is -2.46. The van der Waals surface area contributed by atoms with Gasteiger partial charge in [-0.1, -0.05) is 30.3 Å². The van der Waals surface area contributed by atoms with Crippen LogP contribution in [-0.4, -0.2) is 43.5 Å². The number of nitrogens with two attached hydrogens (primary N) is 1. The van der Waals surface area contributed by atoms with Crippen LogP contribution in [0.2, 0.25) is 0 Å². The van der Waals surface area contributed by atoms with Crippen molar-refractivity contribution < 1.29 is 9.47 Å². The van der Waals surface area contributed by atoms with E-state index in [1.165, 1.54) is 5.56 Å². The van der Waals surface area contributed by atoms with Crippen molar-refractivity contribution in [2.75, 3.05) is 32.8 Å². The molecular weight excluding hydrogens is 240 g/mol. The summed E-state index contributed by atoms with van der Waals surface area (Å²) in [4.78, 5) is 2.41. The van der Waals surface area contributed by atoms with Gasteiger partial charge in [0.1, 0.15) is 0 Å². The predicted octanol–water partition coefficient (Wildman–Crippen LogP) is 1.53. The fourth-order valence-electron chi connectivity index (χ4n) is 2.95. The van der Waals surface area contributed by atoms with Crippen molar-refractivity contribution in [1.82, 2.24) is 4.90 Å². The summed E-state index contributed by atoms with van der Waals surface area (Å²) in [5.74, 6) is -0.284. The van der Waals surface area contributed by atoms with E-state index in [9.17, 15) is 0 Å². The summed E-state index contributed by atoms with van der Waals surface area (Å²) in [6.07, 6.45) is 1.91. The van der Waals surface area contributed by atoms with Crippen LogP contribution in [0, 0.1) is 0 Å². The van der Waals surface area contributed by atoms with E-state index in [1.54, 1.807) is 0 Å². The monoisotopic (exact) mass is 262 g/mol. The summed E-state index contributed by atoms with van der Waals surface area (Å²) in [7, 11) is 0. The second-order valence-electron chi connectivity index (χ2n) is 5.43. The van der Waals surface area contributed by atoms with Crippen molar-refractivity contribution in [2.45, 2.75) is 24.7 Å². The minimum Gasteiger partial charge on any atom is -0.347 e. The SMILES string of the molecule is NC(CN1CCC2(CC1)OCCO2)c1ccccc1. The van der Waals surface area contributed by atoms with E-state index in [2.05, 4.69) is 17.0 Å². The average Bonchev–Trinajstić information content (AvgIpc) is 2.91. The third-order valence-electron chi connectivity index (χ3n) is 4.11. The topological polar surface area (TPSA) is 47.7 Å². The van der Waals surface area contributed by atoms with Crippen molar-refractivity contribution in [1.29, 1.82) is 0 Å². The van der Waals surface area contributed by atoms with Gasteiger partial charge in [0.2, 0.25) is 0 Å². The van der Waals surface area contributed by atoms with Gasteiger partial charge in [0.15, 0.2) is 5.79 Å². The highest BCUT2D eigenvalue weighted by molar-refractivity contribution is 5.18. The third kappa shape index (κ3) is 2.98. The maximum absolute atomic E-state index is 6.27. The smallest absolute Gasteiger partial charge is 0.170 e. The lowest BCUT2D eigenvalue weighted by Gasteiger charge is -2.38. The molecule has 1 aromatic rings. The number of piperidine rings is 1. The number of likely N-dealkylation sites (tertiary alicyclic amines) is 1. The van der Waals surface area contributed by atoms with Gasteiger partial charge in [-0.15, -0.1) is 0 Å². The maximum Gasteiger partial charge on any atom is 0.170 e. The normalized spacial score (nSPS) is 24.7. The first-order valence-corrected chi connectivity index (χ1v) is 7.08. The molecule has 4 heteroatoms. The molecule has 0 amide bonds. The third-order valence-corrected chi connectivity index (χ3v) is 4.11. The Labute approximate surface area is 114 Å². The van der Waals surface area contributed by atoms with Gasteiger partial charge in [0.25, 0.3) is 0 Å². The molecule has 2 aliphatic rings. The lowest BCUT2D eigenvalue weighted by molar-refractivity contribution is -0.185. The van der Waals surface area contributed by atoms with Gasteiger partial charge in [0.05, 0.1) is 13.2 Å². The Kier molecular flexibility index (Phi) is 3.84. The fraction of sp³-hybridized carbons (Fsp3) is 0.600. The van der Waals surface area contributed by atoms with Crippen molar-refractivity contribution in [3.63, 3.8) is 0 Å². The highest BCUT2D eigenvalue weighted by atomic mass is 16.7. The Balaban J connectivity index is 1.52. The van der Waals surface area contributed by atoms with Crippen LogP contribution in [0.25, 0.3) is 0 Å². The Bertz CT molecular complexity index is 394. The second-order valence-corrected chi connectivity index (χ2v) is 5.43. The first kappa shape index (κ1) is 13.1. The number of benzene rings is 1. The molecule has 2 N–H and O–H groups in total. The maximum atomic E-state index is 6.27. The molecule has 1 unspecified atom stereocenters. The molecule has 104 valence electrons. The molecule has 1 atom stereocenters. The zero-order chi connectivity index (χ0) is 13.1. The van der Waals surface area contributed by atoms with Crippen LogP contribution in [0.1, 0.15) is 24.4 Å². The first-order valence-electron chi connectivity index (χ1n) is 7.08. The summed E-state index contributed by atoms with van der Waals surface area (Å²) in [5, 5.41) is 0. The van der Waals surface area contributed by atoms with Crippen LogP contribution in [0.4, 0.5) is 0 Å². The Morgan fingerprint density at radius 3 is 2.37 bits per heavy atom. The molecule has 0 saturated carbocycles. The number of hydrogen-bond donors (Lipinski definition) is 1. The molecule has 0 aliphatic carbocycles. The van der Waals surface area contributed by atoms with E-state index in [0.717, 1.165) is 45.7 Å². The van der Waals surface area contributed by atoms with Gasteiger partial charge in [-0.05, 0) is 5.56 Å². The Morgan fingerprint density at radius 1 is 1.11 bits per heavy atom. The zero-order valence-electron chi connectivity index (χ0n) is 11.3. The zero-order valence-corrected chi connectivity index (χ0v) is 11.3. The van der Waals surface area contributed by atoms with E-state index in [4.69, 9.17) is 15.2 Å². The number of hydrogen-bond acceptors (Lipinski definition) is 4. The van der Waals surface area contributed by atoms with E-state index < -0.39 is 0 Å². The van der Waals surface area contributed by atoms with Crippen LogP contribution >= 0.6 is 0 Å². The van der Waals surface area contributed by atoms with Crippen LogP contribution in [-0.2, 0) is 9.47 Å². The molecule has 1 aromatic carbocycles. The Hall–Kier alpha value is -0.940. The van der Waals surface area contributed by atoms with Crippen molar-refractivity contribution in [3.8, 4) is 0 Å². The van der Waals surface area contributed by atoms with Crippen LogP contribution < -0.4 is 5.73 Å². The average molecular weight is 262 g/mol. The largest absolute Gasteiger partial charge is 0.347 e. The highest BCUT2D eigenvalue weighted by Gasteiger charge is 2.39. The van der Waals surface area contributed by atoms with Gasteiger partial charge in [-0.3, -0.25) is 0 Å². The molecular formula is C15H22N2O2. The number of nitrogens with zero attached hydrogens (tertiary/aromatic N) is 1. The van der Waals surface area contributed by atoms with Crippen LogP contribution in [0.5, 0.6) is 0 Å². The van der Waals surface area contributed by atoms with E-state index >= 15 is 0 Å². The fourth-order valence-corrected chi connectivity index (χ4v) is 2.95. The van der Waals surface area contributed by atoms with E-state index in [1.807, 2.05) is 18.2 Å². The minimum atomic E-state index is -0.284. The Morgan fingerprint density at radius 2 is 1.74 bits per heavy atom. The van der Waals surface area contributed by atoms with Gasteiger partial charge in [0, 0.05) is 38.5 Å². The van der Waals surface area contributed by atoms with Crippen molar-refractivity contribution in [2.24, 2.45) is 5.73 Å². The molecule has 4 nitrogen and oxygen atoms in total. The number of rotatable bonds is 3. The summed E-state index contributed by atoms with van der Waals surface area (Å²) >= 11 is 0. The molecule has 0 aromatic heterocycles. The van der Waals surface area contributed by atoms with Gasteiger partial charge >= 0.3 is 0 Å². The molecule has 3 rings (SSSR count). The van der Waals surface area contributed by atoms with Gasteiger partial charge < -0.3 is 20.1 Å². The highest BCUT2D eigenvalue weighted by Crippen LogP contribution is 2.31. The molecule has 19 heavy (non-hydrogen) atoms. The molecule has 2 heterocycles. The molecule has 1 spiro atoms. The van der Waals surface area contributed by atoms with Crippen molar-refractivity contribution in [3.05, 3.63) is 35.9 Å². The van der Waals surface area contributed by atoms with Crippen LogP contribution in [0.3, 0.4) is 0 Å².